The first-order valence-electron chi connectivity index (χ1n) is 14.5. The summed E-state index contributed by atoms with van der Waals surface area (Å²) < 4.78 is 29.3. The molecule has 4 aromatic rings. The summed E-state index contributed by atoms with van der Waals surface area (Å²) in [4.78, 5) is 29.7. The molecule has 0 heterocycles. The number of hydrogen-bond donors (Lipinski definition) is 1. The highest BCUT2D eigenvalue weighted by molar-refractivity contribution is 7.92. The lowest BCUT2D eigenvalue weighted by Gasteiger charge is -2.34. The van der Waals surface area contributed by atoms with Crippen LogP contribution in [-0.2, 0) is 32.6 Å². The number of benzene rings is 4. The summed E-state index contributed by atoms with van der Waals surface area (Å²) in [6.45, 7) is 7.03. The van der Waals surface area contributed by atoms with Crippen molar-refractivity contribution in [2.24, 2.45) is 0 Å². The van der Waals surface area contributed by atoms with Crippen molar-refractivity contribution < 1.29 is 18.0 Å². The molecule has 0 aliphatic heterocycles. The minimum Gasteiger partial charge on any atom is -0.352 e. The Bertz CT molecular complexity index is 1680. The maximum atomic E-state index is 14.4. The van der Waals surface area contributed by atoms with Crippen molar-refractivity contribution in [1.29, 1.82) is 0 Å². The topological polar surface area (TPSA) is 86.8 Å². The van der Waals surface area contributed by atoms with E-state index in [1.807, 2.05) is 64.1 Å². The van der Waals surface area contributed by atoms with Gasteiger partial charge in [-0.05, 0) is 75.2 Å². The van der Waals surface area contributed by atoms with Crippen LogP contribution in [0.1, 0.15) is 36.1 Å². The molecule has 230 valence electrons. The van der Waals surface area contributed by atoms with E-state index in [9.17, 15) is 18.0 Å². The average molecular weight is 632 g/mol. The van der Waals surface area contributed by atoms with E-state index in [0.29, 0.717) is 16.3 Å². The molecule has 9 heteroatoms. The van der Waals surface area contributed by atoms with Gasteiger partial charge >= 0.3 is 0 Å². The molecular weight excluding hydrogens is 594 g/mol. The van der Waals surface area contributed by atoms with Gasteiger partial charge in [-0.1, -0.05) is 89.5 Å². The van der Waals surface area contributed by atoms with Crippen LogP contribution in [0.3, 0.4) is 0 Å². The Hall–Kier alpha value is -4.14. The van der Waals surface area contributed by atoms with Crippen LogP contribution >= 0.6 is 11.6 Å². The van der Waals surface area contributed by atoms with Gasteiger partial charge in [-0.2, -0.15) is 0 Å². The van der Waals surface area contributed by atoms with Gasteiger partial charge in [-0.25, -0.2) is 8.42 Å². The number of sulfonamides is 1. The second-order valence-corrected chi connectivity index (χ2v) is 13.5. The van der Waals surface area contributed by atoms with Crippen LogP contribution in [0.5, 0.6) is 0 Å². The molecule has 4 rings (SSSR count). The second-order valence-electron chi connectivity index (χ2n) is 11.2. The molecule has 0 fully saturated rings. The number of hydrogen-bond acceptors (Lipinski definition) is 4. The van der Waals surface area contributed by atoms with Crippen LogP contribution in [0, 0.1) is 13.8 Å². The molecule has 1 N–H and O–H groups in total. The van der Waals surface area contributed by atoms with Gasteiger partial charge in [0.25, 0.3) is 10.0 Å². The third kappa shape index (κ3) is 8.49. The highest BCUT2D eigenvalue weighted by Crippen LogP contribution is 2.26. The van der Waals surface area contributed by atoms with E-state index in [1.165, 1.54) is 17.0 Å². The summed E-state index contributed by atoms with van der Waals surface area (Å²) in [5, 5.41) is 3.45. The summed E-state index contributed by atoms with van der Waals surface area (Å²) in [6.07, 6.45) is 0.237. The number of rotatable bonds is 12. The van der Waals surface area contributed by atoms with Crippen molar-refractivity contribution >= 4 is 39.1 Å². The molecule has 1 atom stereocenters. The van der Waals surface area contributed by atoms with Gasteiger partial charge < -0.3 is 10.2 Å². The predicted octanol–water partition coefficient (Wildman–Crippen LogP) is 6.32. The van der Waals surface area contributed by atoms with Crippen LogP contribution in [0.15, 0.2) is 108 Å². The van der Waals surface area contributed by atoms with Gasteiger partial charge in [0.05, 0.1) is 10.6 Å². The normalized spacial score (nSPS) is 12.0. The van der Waals surface area contributed by atoms with Gasteiger partial charge in [0.15, 0.2) is 0 Å². The minimum absolute atomic E-state index is 0.0503. The number of halogens is 1. The lowest BCUT2D eigenvalue weighted by molar-refractivity contribution is -0.140. The molecule has 0 aliphatic rings. The van der Waals surface area contributed by atoms with Crippen molar-refractivity contribution in [3.05, 3.63) is 130 Å². The summed E-state index contributed by atoms with van der Waals surface area (Å²) in [7, 11) is -4.15. The van der Waals surface area contributed by atoms with E-state index in [1.54, 1.807) is 54.6 Å². The first-order chi connectivity index (χ1) is 20.9. The van der Waals surface area contributed by atoms with Crippen LogP contribution in [0.4, 0.5) is 5.69 Å². The van der Waals surface area contributed by atoms with Gasteiger partial charge in [0.1, 0.15) is 12.6 Å². The molecule has 0 aromatic heterocycles. The SMILES string of the molecule is Cc1ccc(N(CC(=O)N(Cc2cccc(Cl)c2)[C@H](Cc2ccccc2)C(=O)NC(C)C)S(=O)(=O)c2ccc(C)cc2)cc1. The fourth-order valence-electron chi connectivity index (χ4n) is 4.84. The summed E-state index contributed by atoms with van der Waals surface area (Å²) in [5.74, 6) is -0.858. The number of amides is 2. The van der Waals surface area contributed by atoms with Crippen LogP contribution in [-0.4, -0.2) is 43.8 Å². The lowest BCUT2D eigenvalue weighted by atomic mass is 10.0. The first-order valence-corrected chi connectivity index (χ1v) is 16.3. The third-order valence-electron chi connectivity index (χ3n) is 7.15. The fourth-order valence-corrected chi connectivity index (χ4v) is 6.47. The number of anilines is 1. The molecule has 0 radical (unpaired) electrons. The Labute approximate surface area is 265 Å². The fraction of sp³-hybridized carbons (Fsp3) is 0.257. The van der Waals surface area contributed by atoms with Crippen molar-refractivity contribution in [2.45, 2.75) is 57.6 Å². The Morgan fingerprint density at radius 2 is 1.39 bits per heavy atom. The molecule has 0 bridgehead atoms. The average Bonchev–Trinajstić information content (AvgIpc) is 2.98. The van der Waals surface area contributed by atoms with Crippen molar-refractivity contribution in [1.82, 2.24) is 10.2 Å². The number of carbonyl (C=O) groups is 2. The zero-order valence-corrected chi connectivity index (χ0v) is 27.0. The van der Waals surface area contributed by atoms with Crippen LogP contribution in [0.2, 0.25) is 5.02 Å². The summed E-state index contributed by atoms with van der Waals surface area (Å²) in [6, 6.07) is 28.9. The number of aryl methyl sites for hydroxylation is 2. The van der Waals surface area contributed by atoms with Gasteiger partial charge in [0.2, 0.25) is 11.8 Å². The van der Waals surface area contributed by atoms with Gasteiger partial charge in [-0.15, -0.1) is 0 Å². The molecule has 0 unspecified atom stereocenters. The zero-order chi connectivity index (χ0) is 31.9. The molecule has 0 spiro atoms. The Morgan fingerprint density at radius 3 is 1.98 bits per heavy atom. The molecule has 2 amide bonds. The summed E-state index contributed by atoms with van der Waals surface area (Å²) >= 11 is 6.29. The highest BCUT2D eigenvalue weighted by atomic mass is 35.5. The molecular formula is C35H38ClN3O4S. The monoisotopic (exact) mass is 631 g/mol. The van der Waals surface area contributed by atoms with Crippen LogP contribution < -0.4 is 9.62 Å². The van der Waals surface area contributed by atoms with Crippen LogP contribution in [0.25, 0.3) is 0 Å². The maximum Gasteiger partial charge on any atom is 0.264 e. The maximum absolute atomic E-state index is 14.4. The second kappa shape index (κ2) is 14.6. The zero-order valence-electron chi connectivity index (χ0n) is 25.4. The highest BCUT2D eigenvalue weighted by Gasteiger charge is 2.34. The standard InChI is InChI=1S/C35H38ClN3O4S/c1-25(2)37-35(41)33(22-28-9-6-5-7-10-28)38(23-29-11-8-12-30(36)21-29)34(40)24-39(31-17-13-26(3)14-18-31)44(42,43)32-19-15-27(4)16-20-32/h5-21,25,33H,22-24H2,1-4H3,(H,37,41)/t33-/m1/s1. The molecule has 4 aromatic carbocycles. The molecule has 0 aliphatic carbocycles. The van der Waals surface area contributed by atoms with E-state index < -0.39 is 28.5 Å². The third-order valence-corrected chi connectivity index (χ3v) is 9.18. The summed E-state index contributed by atoms with van der Waals surface area (Å²) in [5.41, 5.74) is 3.78. The molecule has 0 saturated carbocycles. The number of nitrogens with zero attached hydrogens (tertiary/aromatic N) is 2. The smallest absolute Gasteiger partial charge is 0.264 e. The first kappa shape index (κ1) is 32.8. The van der Waals surface area contributed by atoms with E-state index >= 15 is 0 Å². The Balaban J connectivity index is 1.80. The molecule has 7 nitrogen and oxygen atoms in total. The van der Waals surface area contributed by atoms with Crippen molar-refractivity contribution in [3.63, 3.8) is 0 Å². The molecule has 0 saturated heterocycles. The van der Waals surface area contributed by atoms with E-state index in [4.69, 9.17) is 11.6 Å². The minimum atomic E-state index is -4.15. The van der Waals surface area contributed by atoms with E-state index in [-0.39, 0.29) is 29.8 Å². The quantitative estimate of drug-likeness (QED) is 0.198. The number of nitrogens with one attached hydrogen (secondary N) is 1. The van der Waals surface area contributed by atoms with Gasteiger partial charge in [-0.3, -0.25) is 13.9 Å². The largest absolute Gasteiger partial charge is 0.352 e. The predicted molar refractivity (Wildman–Crippen MR) is 176 cm³/mol. The Kier molecular flexibility index (Phi) is 10.8. The van der Waals surface area contributed by atoms with Crippen molar-refractivity contribution in [3.8, 4) is 0 Å². The number of carbonyl (C=O) groups excluding carboxylic acids is 2. The Morgan fingerprint density at radius 1 is 0.795 bits per heavy atom. The van der Waals surface area contributed by atoms with E-state index in [2.05, 4.69) is 5.32 Å². The van der Waals surface area contributed by atoms with Crippen molar-refractivity contribution in [2.75, 3.05) is 10.8 Å². The van der Waals surface area contributed by atoms with E-state index in [0.717, 1.165) is 21.0 Å². The lowest BCUT2D eigenvalue weighted by Crippen LogP contribution is -2.54. The van der Waals surface area contributed by atoms with Gasteiger partial charge in [0, 0.05) is 24.0 Å². The molecule has 44 heavy (non-hydrogen) atoms.